The lowest BCUT2D eigenvalue weighted by molar-refractivity contribution is -0.128. The summed E-state index contributed by atoms with van der Waals surface area (Å²) in [6, 6.07) is 4.43. The van der Waals surface area contributed by atoms with Crippen LogP contribution in [0.2, 0.25) is 0 Å². The van der Waals surface area contributed by atoms with Crippen LogP contribution in [0.25, 0.3) is 0 Å². The first-order valence-electron chi connectivity index (χ1n) is 4.23. The molecule has 0 spiro atoms. The number of amides is 1. The van der Waals surface area contributed by atoms with Crippen LogP contribution in [0.3, 0.4) is 0 Å². The number of rotatable bonds is 2. The van der Waals surface area contributed by atoms with Gasteiger partial charge in [0.1, 0.15) is 11.2 Å². The van der Waals surface area contributed by atoms with Crippen LogP contribution in [-0.2, 0) is 4.79 Å². The molecule has 1 atom stereocenters. The minimum Gasteiger partial charge on any atom is -0.347 e. The number of benzene rings is 1. The Bertz CT molecular complexity index is 384. The summed E-state index contributed by atoms with van der Waals surface area (Å²) in [6.45, 7) is 0. The molecule has 0 aromatic heterocycles. The molecule has 1 unspecified atom stereocenters. The Labute approximate surface area is 101 Å². The van der Waals surface area contributed by atoms with Crippen LogP contribution in [0, 0.1) is 5.82 Å². The second-order valence-electron chi connectivity index (χ2n) is 3.26. The van der Waals surface area contributed by atoms with E-state index in [1.54, 1.807) is 20.2 Å². The van der Waals surface area contributed by atoms with Crippen LogP contribution in [-0.4, -0.2) is 24.9 Å². The number of alkyl halides is 1. The summed E-state index contributed by atoms with van der Waals surface area (Å²) in [5.74, 6) is -0.822. The third kappa shape index (κ3) is 2.92. The fraction of sp³-hybridized carbons (Fsp3) is 0.300. The molecule has 1 rings (SSSR count). The summed E-state index contributed by atoms with van der Waals surface area (Å²) >= 11 is 9.00. The van der Waals surface area contributed by atoms with E-state index in [0.717, 1.165) is 0 Å². The molecule has 0 saturated carbocycles. The Morgan fingerprint density at radius 2 is 2.13 bits per heavy atom. The highest BCUT2D eigenvalue weighted by molar-refractivity contribution is 9.10. The maximum atomic E-state index is 13.4. The second kappa shape index (κ2) is 4.94. The summed E-state index contributed by atoms with van der Waals surface area (Å²) in [6.07, 6.45) is 0. The van der Waals surface area contributed by atoms with Gasteiger partial charge in [0.15, 0.2) is 0 Å². The van der Waals surface area contributed by atoms with E-state index in [0.29, 0.717) is 4.47 Å². The summed E-state index contributed by atoms with van der Waals surface area (Å²) in [4.78, 5) is 12.8. The van der Waals surface area contributed by atoms with E-state index >= 15 is 0 Å². The second-order valence-corrected chi connectivity index (χ2v) is 4.61. The number of hydrogen-bond acceptors (Lipinski definition) is 1. The fourth-order valence-electron chi connectivity index (χ4n) is 1.07. The molecule has 1 amide bonds. The van der Waals surface area contributed by atoms with Gasteiger partial charge >= 0.3 is 0 Å². The van der Waals surface area contributed by atoms with E-state index < -0.39 is 11.2 Å². The number of likely N-dealkylation sites (N-methyl/N-ethyl adjacent to an activating group) is 1. The SMILES string of the molecule is CN(C)C(=O)C(Cl)c1ccc(Br)cc1F. The molecule has 0 aliphatic rings. The topological polar surface area (TPSA) is 20.3 Å². The van der Waals surface area contributed by atoms with E-state index in [1.807, 2.05) is 0 Å². The van der Waals surface area contributed by atoms with Crippen molar-refractivity contribution in [1.29, 1.82) is 0 Å². The number of carbonyl (C=O) groups is 1. The van der Waals surface area contributed by atoms with E-state index in [1.165, 1.54) is 17.0 Å². The molecule has 82 valence electrons. The molecule has 0 heterocycles. The number of hydrogen-bond donors (Lipinski definition) is 0. The summed E-state index contributed by atoms with van der Waals surface area (Å²) in [5, 5.41) is -0.979. The number of carbonyl (C=O) groups excluding carboxylic acids is 1. The van der Waals surface area contributed by atoms with Gasteiger partial charge in [-0.3, -0.25) is 4.79 Å². The first kappa shape index (κ1) is 12.5. The van der Waals surface area contributed by atoms with Gasteiger partial charge in [-0.2, -0.15) is 0 Å². The third-order valence-electron chi connectivity index (χ3n) is 1.89. The molecule has 0 saturated heterocycles. The van der Waals surface area contributed by atoms with Gasteiger partial charge in [-0.1, -0.05) is 22.0 Å². The average Bonchev–Trinajstić information content (AvgIpc) is 2.15. The van der Waals surface area contributed by atoms with Crippen molar-refractivity contribution in [3.63, 3.8) is 0 Å². The maximum absolute atomic E-state index is 13.4. The highest BCUT2D eigenvalue weighted by Crippen LogP contribution is 2.26. The van der Waals surface area contributed by atoms with Crippen molar-refractivity contribution in [2.24, 2.45) is 0 Å². The standard InChI is InChI=1S/C10H10BrClFNO/c1-14(2)10(15)9(12)7-4-3-6(11)5-8(7)13/h3-5,9H,1-2H3. The molecule has 2 nitrogen and oxygen atoms in total. The lowest BCUT2D eigenvalue weighted by Crippen LogP contribution is -2.26. The molecule has 0 aliphatic carbocycles. The highest BCUT2D eigenvalue weighted by Gasteiger charge is 2.22. The molecule has 15 heavy (non-hydrogen) atoms. The molecule has 1 aromatic carbocycles. The average molecular weight is 295 g/mol. The summed E-state index contributed by atoms with van der Waals surface area (Å²) in [5.41, 5.74) is 0.193. The van der Waals surface area contributed by atoms with Crippen LogP contribution in [0.5, 0.6) is 0 Å². The Kier molecular flexibility index (Phi) is 4.11. The predicted octanol–water partition coefficient (Wildman–Crippen LogP) is 2.96. The third-order valence-corrected chi connectivity index (χ3v) is 2.81. The normalized spacial score (nSPS) is 12.3. The van der Waals surface area contributed by atoms with Crippen molar-refractivity contribution in [1.82, 2.24) is 4.90 Å². The molecule has 0 fully saturated rings. The van der Waals surface area contributed by atoms with Gasteiger partial charge in [-0.25, -0.2) is 4.39 Å². The summed E-state index contributed by atoms with van der Waals surface area (Å²) in [7, 11) is 3.16. The van der Waals surface area contributed by atoms with Gasteiger partial charge in [0, 0.05) is 24.1 Å². The highest BCUT2D eigenvalue weighted by atomic mass is 79.9. The van der Waals surface area contributed by atoms with E-state index in [9.17, 15) is 9.18 Å². The maximum Gasteiger partial charge on any atom is 0.244 e. The Hall–Kier alpha value is -0.610. The lowest BCUT2D eigenvalue weighted by Gasteiger charge is -2.15. The Balaban J connectivity index is 3.01. The van der Waals surface area contributed by atoms with Crippen molar-refractivity contribution in [2.75, 3.05) is 14.1 Å². The van der Waals surface area contributed by atoms with Crippen LogP contribution in [0.15, 0.2) is 22.7 Å². The molecular formula is C10H10BrClFNO. The monoisotopic (exact) mass is 293 g/mol. The van der Waals surface area contributed by atoms with Crippen LogP contribution in [0.4, 0.5) is 4.39 Å². The quantitative estimate of drug-likeness (QED) is 0.768. The zero-order valence-electron chi connectivity index (χ0n) is 8.30. The fourth-order valence-corrected chi connectivity index (χ4v) is 1.77. The molecule has 0 N–H and O–H groups in total. The van der Waals surface area contributed by atoms with E-state index in [-0.39, 0.29) is 11.5 Å². The molecule has 0 aliphatic heterocycles. The Morgan fingerprint density at radius 3 is 2.60 bits per heavy atom. The van der Waals surface area contributed by atoms with Gasteiger partial charge in [0.2, 0.25) is 5.91 Å². The van der Waals surface area contributed by atoms with Crippen molar-refractivity contribution in [3.05, 3.63) is 34.1 Å². The zero-order chi connectivity index (χ0) is 11.6. The zero-order valence-corrected chi connectivity index (χ0v) is 10.6. The van der Waals surface area contributed by atoms with Crippen molar-refractivity contribution < 1.29 is 9.18 Å². The molecule has 0 radical (unpaired) electrons. The van der Waals surface area contributed by atoms with E-state index in [4.69, 9.17) is 11.6 Å². The Morgan fingerprint density at radius 1 is 1.53 bits per heavy atom. The number of halogens is 3. The smallest absolute Gasteiger partial charge is 0.244 e. The molecule has 5 heteroatoms. The van der Waals surface area contributed by atoms with Gasteiger partial charge in [0.05, 0.1) is 0 Å². The molecule has 0 bridgehead atoms. The van der Waals surface area contributed by atoms with Crippen molar-refractivity contribution >= 4 is 33.4 Å². The van der Waals surface area contributed by atoms with Crippen molar-refractivity contribution in [2.45, 2.75) is 5.38 Å². The van der Waals surface area contributed by atoms with E-state index in [2.05, 4.69) is 15.9 Å². The van der Waals surface area contributed by atoms with Gasteiger partial charge < -0.3 is 4.90 Å². The summed E-state index contributed by atoms with van der Waals surface area (Å²) < 4.78 is 14.1. The van der Waals surface area contributed by atoms with Crippen LogP contribution < -0.4 is 0 Å². The minimum atomic E-state index is -0.979. The first-order valence-corrected chi connectivity index (χ1v) is 5.46. The number of nitrogens with zero attached hydrogens (tertiary/aromatic N) is 1. The van der Waals surface area contributed by atoms with Crippen molar-refractivity contribution in [3.8, 4) is 0 Å². The van der Waals surface area contributed by atoms with Gasteiger partial charge in [-0.15, -0.1) is 11.6 Å². The lowest BCUT2D eigenvalue weighted by atomic mass is 10.1. The first-order chi connectivity index (χ1) is 6.93. The largest absolute Gasteiger partial charge is 0.347 e. The van der Waals surface area contributed by atoms with Gasteiger partial charge in [0.25, 0.3) is 0 Å². The molecular weight excluding hydrogens is 284 g/mol. The van der Waals surface area contributed by atoms with Crippen LogP contribution in [0.1, 0.15) is 10.9 Å². The van der Waals surface area contributed by atoms with Gasteiger partial charge in [-0.05, 0) is 12.1 Å². The predicted molar refractivity (Wildman–Crippen MR) is 61.4 cm³/mol. The molecule has 1 aromatic rings. The van der Waals surface area contributed by atoms with Crippen LogP contribution >= 0.6 is 27.5 Å². The minimum absolute atomic E-state index is 0.193.